The van der Waals surface area contributed by atoms with E-state index in [0.29, 0.717) is 29.5 Å². The summed E-state index contributed by atoms with van der Waals surface area (Å²) in [6, 6.07) is 10.4. The molecule has 2 aromatic carbocycles. The summed E-state index contributed by atoms with van der Waals surface area (Å²) in [5.74, 6) is 3.36. The predicted molar refractivity (Wildman–Crippen MR) is 123 cm³/mol. The molecule has 4 rings (SSSR count). The Morgan fingerprint density at radius 3 is 2.56 bits per heavy atom. The molecule has 1 amide bonds. The molecule has 32 heavy (non-hydrogen) atoms. The molecule has 3 aromatic rings. The van der Waals surface area contributed by atoms with Gasteiger partial charge in [0.05, 0.1) is 27.4 Å². The van der Waals surface area contributed by atoms with Crippen LogP contribution in [0.25, 0.3) is 10.2 Å². The highest BCUT2D eigenvalue weighted by Gasteiger charge is 2.17. The maximum atomic E-state index is 12.5. The van der Waals surface area contributed by atoms with Crippen molar-refractivity contribution in [2.45, 2.75) is 31.2 Å². The minimum atomic E-state index is -3.44. The van der Waals surface area contributed by atoms with E-state index in [9.17, 15) is 13.2 Å². The van der Waals surface area contributed by atoms with E-state index in [4.69, 9.17) is 15.9 Å². The van der Waals surface area contributed by atoms with Crippen LogP contribution in [0, 0.1) is 19.3 Å². The highest BCUT2D eigenvalue weighted by atomic mass is 32.2. The summed E-state index contributed by atoms with van der Waals surface area (Å²) >= 11 is 1.33. The number of amides is 1. The second kappa shape index (κ2) is 9.18. The molecule has 9 heteroatoms. The molecule has 0 aliphatic carbocycles. The average Bonchev–Trinajstić information content (AvgIpc) is 3.08. The Kier molecular flexibility index (Phi) is 6.35. The number of fused-ring (bicyclic) bond motifs is 2. The molecule has 0 unspecified atom stereocenters. The van der Waals surface area contributed by atoms with Crippen LogP contribution in [-0.2, 0) is 21.2 Å². The van der Waals surface area contributed by atoms with Gasteiger partial charge in [0, 0.05) is 18.6 Å². The maximum Gasteiger partial charge on any atom is 0.248 e. The summed E-state index contributed by atoms with van der Waals surface area (Å²) < 4.78 is 38.9. The van der Waals surface area contributed by atoms with Crippen molar-refractivity contribution in [3.63, 3.8) is 0 Å². The maximum absolute atomic E-state index is 12.5. The summed E-state index contributed by atoms with van der Waals surface area (Å²) in [6.45, 7) is 3.09. The van der Waals surface area contributed by atoms with Crippen LogP contribution in [0.2, 0.25) is 0 Å². The summed E-state index contributed by atoms with van der Waals surface area (Å²) in [6.07, 6.45) is 5.74. The van der Waals surface area contributed by atoms with E-state index < -0.39 is 15.7 Å². The summed E-state index contributed by atoms with van der Waals surface area (Å²) in [7, 11) is -3.44. The number of benzene rings is 2. The van der Waals surface area contributed by atoms with E-state index in [0.717, 1.165) is 15.8 Å². The molecule has 0 bridgehead atoms. The van der Waals surface area contributed by atoms with E-state index in [2.05, 4.69) is 10.9 Å². The second-order valence-electron chi connectivity index (χ2n) is 7.38. The van der Waals surface area contributed by atoms with Crippen LogP contribution in [0.5, 0.6) is 11.5 Å². The second-order valence-corrected chi connectivity index (χ2v) is 10.5. The zero-order valence-corrected chi connectivity index (χ0v) is 19.2. The first-order valence-corrected chi connectivity index (χ1v) is 12.6. The molecular formula is C23H22N2O5S2. The number of nitrogens with zero attached hydrogens (tertiary/aromatic N) is 2. The van der Waals surface area contributed by atoms with Gasteiger partial charge in [0.25, 0.3) is 0 Å². The first-order chi connectivity index (χ1) is 15.4. The fourth-order valence-corrected chi connectivity index (χ4v) is 5.74. The van der Waals surface area contributed by atoms with Crippen molar-refractivity contribution >= 4 is 37.3 Å². The minimum absolute atomic E-state index is 0.0259. The van der Waals surface area contributed by atoms with Crippen molar-refractivity contribution in [2.75, 3.05) is 19.0 Å². The van der Waals surface area contributed by atoms with Gasteiger partial charge in [-0.1, -0.05) is 35.0 Å². The van der Waals surface area contributed by atoms with Crippen molar-refractivity contribution in [2.24, 2.45) is 4.99 Å². The molecule has 0 radical (unpaired) electrons. The lowest BCUT2D eigenvalue weighted by Crippen LogP contribution is -2.17. The number of aromatic nitrogens is 1. The lowest BCUT2D eigenvalue weighted by molar-refractivity contribution is -0.118. The van der Waals surface area contributed by atoms with E-state index in [1.807, 2.05) is 19.1 Å². The Morgan fingerprint density at radius 2 is 1.88 bits per heavy atom. The van der Waals surface area contributed by atoms with Crippen molar-refractivity contribution in [1.29, 1.82) is 0 Å². The van der Waals surface area contributed by atoms with E-state index in [1.54, 1.807) is 28.8 Å². The van der Waals surface area contributed by atoms with Crippen LogP contribution in [0.4, 0.5) is 0 Å². The molecule has 0 saturated heterocycles. The smallest absolute Gasteiger partial charge is 0.248 e. The van der Waals surface area contributed by atoms with Gasteiger partial charge in [-0.15, -0.1) is 6.42 Å². The lowest BCUT2D eigenvalue weighted by atomic mass is 10.2. The number of rotatable bonds is 6. The SMILES string of the molecule is C#CCn1c(=NC(=O)CCCS(=O)(=O)c2ccc(C)cc2)sc2cc3c(cc21)OCCO3. The molecule has 0 atom stereocenters. The Morgan fingerprint density at radius 1 is 1.19 bits per heavy atom. The molecule has 1 aliphatic heterocycles. The monoisotopic (exact) mass is 470 g/mol. The molecule has 7 nitrogen and oxygen atoms in total. The van der Waals surface area contributed by atoms with Crippen molar-refractivity contribution in [3.8, 4) is 23.8 Å². The average molecular weight is 471 g/mol. The zero-order chi connectivity index (χ0) is 22.7. The standard InChI is InChI=1S/C23H22N2O5S2/c1-3-10-25-18-14-19-20(30-12-11-29-19)15-21(18)31-23(25)24-22(26)5-4-13-32(27,28)17-8-6-16(2)7-9-17/h1,6-9,14-15H,4-5,10-13H2,2H3. The number of sulfone groups is 1. The van der Waals surface area contributed by atoms with Gasteiger partial charge < -0.3 is 14.0 Å². The molecule has 0 saturated carbocycles. The number of aryl methyl sites for hydroxylation is 1. The van der Waals surface area contributed by atoms with Crippen LogP contribution >= 0.6 is 11.3 Å². The molecule has 1 aliphatic rings. The van der Waals surface area contributed by atoms with Gasteiger partial charge in [0.2, 0.25) is 5.91 Å². The first kappa shape index (κ1) is 22.1. The Bertz CT molecular complexity index is 1380. The van der Waals surface area contributed by atoms with Crippen LogP contribution < -0.4 is 14.3 Å². The third kappa shape index (κ3) is 4.71. The highest BCUT2D eigenvalue weighted by Crippen LogP contribution is 2.35. The summed E-state index contributed by atoms with van der Waals surface area (Å²) in [5, 5.41) is 0. The number of terminal acetylenes is 1. The normalized spacial score (nSPS) is 13.8. The van der Waals surface area contributed by atoms with Gasteiger partial charge in [-0.25, -0.2) is 8.42 Å². The van der Waals surface area contributed by atoms with Gasteiger partial charge in [-0.2, -0.15) is 4.99 Å². The summed E-state index contributed by atoms with van der Waals surface area (Å²) in [4.78, 5) is 17.4. The Labute approximate surface area is 190 Å². The number of carbonyl (C=O) groups is 1. The van der Waals surface area contributed by atoms with Gasteiger partial charge >= 0.3 is 0 Å². The number of carbonyl (C=O) groups excluding carboxylic acids is 1. The molecule has 0 fully saturated rings. The van der Waals surface area contributed by atoms with Crippen LogP contribution in [-0.4, -0.2) is 37.9 Å². The fraction of sp³-hybridized carbons (Fsp3) is 0.304. The predicted octanol–water partition coefficient (Wildman–Crippen LogP) is 3.10. The first-order valence-electron chi connectivity index (χ1n) is 10.1. The molecule has 0 N–H and O–H groups in total. The quantitative estimate of drug-likeness (QED) is 0.517. The third-order valence-electron chi connectivity index (χ3n) is 5.00. The molecule has 2 heterocycles. The Hall–Kier alpha value is -3.09. The van der Waals surface area contributed by atoms with Crippen molar-refractivity contribution < 1.29 is 22.7 Å². The molecule has 166 valence electrons. The van der Waals surface area contributed by atoms with Gasteiger partial charge in [0.1, 0.15) is 13.2 Å². The van der Waals surface area contributed by atoms with Crippen LogP contribution in [0.15, 0.2) is 46.3 Å². The number of hydrogen-bond acceptors (Lipinski definition) is 6. The number of ether oxygens (including phenoxy) is 2. The number of thiazole rings is 1. The van der Waals surface area contributed by atoms with Gasteiger partial charge in [0.15, 0.2) is 26.1 Å². The zero-order valence-electron chi connectivity index (χ0n) is 17.5. The van der Waals surface area contributed by atoms with Crippen molar-refractivity contribution in [3.05, 3.63) is 46.8 Å². The van der Waals surface area contributed by atoms with E-state index in [-0.39, 0.29) is 30.0 Å². The number of hydrogen-bond donors (Lipinski definition) is 0. The molecule has 0 spiro atoms. The molecule has 1 aromatic heterocycles. The van der Waals surface area contributed by atoms with Crippen molar-refractivity contribution in [1.82, 2.24) is 4.57 Å². The minimum Gasteiger partial charge on any atom is -0.486 e. The van der Waals surface area contributed by atoms with Crippen LogP contribution in [0.3, 0.4) is 0 Å². The van der Waals surface area contributed by atoms with Crippen LogP contribution in [0.1, 0.15) is 18.4 Å². The highest BCUT2D eigenvalue weighted by molar-refractivity contribution is 7.91. The van der Waals surface area contributed by atoms with Gasteiger partial charge in [-0.05, 0) is 25.5 Å². The third-order valence-corrected chi connectivity index (χ3v) is 7.86. The topological polar surface area (TPSA) is 87.0 Å². The Balaban J connectivity index is 1.53. The van der Waals surface area contributed by atoms with Gasteiger partial charge in [-0.3, -0.25) is 4.79 Å². The fourth-order valence-electron chi connectivity index (χ4n) is 3.38. The van der Waals surface area contributed by atoms with E-state index in [1.165, 1.54) is 11.3 Å². The molecular weight excluding hydrogens is 448 g/mol. The largest absolute Gasteiger partial charge is 0.486 e. The van der Waals surface area contributed by atoms with E-state index >= 15 is 0 Å². The summed E-state index contributed by atoms with van der Waals surface area (Å²) in [5.41, 5.74) is 1.80. The lowest BCUT2D eigenvalue weighted by Gasteiger charge is -2.18.